The van der Waals surface area contributed by atoms with E-state index >= 15 is 0 Å². The number of hydrogen-bond donors (Lipinski definition) is 1. The van der Waals surface area contributed by atoms with Gasteiger partial charge in [-0.2, -0.15) is 5.10 Å². The Bertz CT molecular complexity index is 393. The van der Waals surface area contributed by atoms with E-state index in [-0.39, 0.29) is 0 Å². The number of aryl methyl sites for hydroxylation is 2. The Labute approximate surface area is 124 Å². The second kappa shape index (κ2) is 9.76. The number of rotatable bonds is 11. The van der Waals surface area contributed by atoms with Crippen LogP contribution in [-0.4, -0.2) is 22.9 Å². The molecule has 1 rings (SSSR count). The van der Waals surface area contributed by atoms with Gasteiger partial charge in [0.15, 0.2) is 0 Å². The molecule has 3 nitrogen and oxygen atoms in total. The van der Waals surface area contributed by atoms with Gasteiger partial charge in [-0.05, 0) is 64.6 Å². The van der Waals surface area contributed by atoms with Crippen LogP contribution in [0.3, 0.4) is 0 Å². The molecule has 1 N–H and O–H groups in total. The van der Waals surface area contributed by atoms with Crippen molar-refractivity contribution in [1.82, 2.24) is 15.1 Å². The van der Waals surface area contributed by atoms with Crippen LogP contribution in [0.4, 0.5) is 0 Å². The lowest BCUT2D eigenvalue weighted by atomic mass is 10.1. The summed E-state index contributed by atoms with van der Waals surface area (Å²) in [6.07, 6.45) is 9.14. The summed E-state index contributed by atoms with van der Waals surface area (Å²) >= 11 is 0. The van der Waals surface area contributed by atoms with Gasteiger partial charge in [0.25, 0.3) is 0 Å². The maximum absolute atomic E-state index is 4.70. The van der Waals surface area contributed by atoms with Gasteiger partial charge in [-0.3, -0.25) is 4.68 Å². The summed E-state index contributed by atoms with van der Waals surface area (Å²) < 4.78 is 2.19. The number of allylic oxidation sites excluding steroid dienone is 1. The minimum Gasteiger partial charge on any atom is -0.316 e. The van der Waals surface area contributed by atoms with E-state index < -0.39 is 0 Å². The lowest BCUT2D eigenvalue weighted by molar-refractivity contribution is 0.533. The van der Waals surface area contributed by atoms with Gasteiger partial charge in [0.2, 0.25) is 0 Å². The van der Waals surface area contributed by atoms with Gasteiger partial charge in [-0.15, -0.1) is 6.58 Å². The smallest absolute Gasteiger partial charge is 0.0628 e. The molecule has 0 unspecified atom stereocenters. The SMILES string of the molecule is C=CCCCCCn1nc(C)c(CCNCCC)c1C. The molecule has 3 heteroatoms. The van der Waals surface area contributed by atoms with Crippen molar-refractivity contribution in [2.75, 3.05) is 13.1 Å². The average molecular weight is 277 g/mol. The van der Waals surface area contributed by atoms with Crippen LogP contribution in [0, 0.1) is 13.8 Å². The summed E-state index contributed by atoms with van der Waals surface area (Å²) in [5, 5.41) is 8.16. The van der Waals surface area contributed by atoms with Gasteiger partial charge in [0.05, 0.1) is 5.69 Å². The van der Waals surface area contributed by atoms with E-state index in [1.807, 2.05) is 6.08 Å². The Morgan fingerprint density at radius 2 is 2.00 bits per heavy atom. The van der Waals surface area contributed by atoms with E-state index in [0.717, 1.165) is 32.5 Å². The Hall–Kier alpha value is -1.09. The normalized spacial score (nSPS) is 10.9. The lowest BCUT2D eigenvalue weighted by Crippen LogP contribution is -2.18. The molecule has 114 valence electrons. The molecular weight excluding hydrogens is 246 g/mol. The quantitative estimate of drug-likeness (QED) is 0.492. The molecule has 1 heterocycles. The van der Waals surface area contributed by atoms with Crippen LogP contribution < -0.4 is 5.32 Å². The lowest BCUT2D eigenvalue weighted by Gasteiger charge is -2.06. The zero-order valence-electron chi connectivity index (χ0n) is 13.5. The van der Waals surface area contributed by atoms with Crippen molar-refractivity contribution in [1.29, 1.82) is 0 Å². The highest BCUT2D eigenvalue weighted by Gasteiger charge is 2.10. The van der Waals surface area contributed by atoms with Crippen LogP contribution in [0.1, 0.15) is 56.0 Å². The van der Waals surface area contributed by atoms with E-state index in [4.69, 9.17) is 5.10 Å². The minimum atomic E-state index is 1.05. The summed E-state index contributed by atoms with van der Waals surface area (Å²) in [5.74, 6) is 0. The maximum atomic E-state index is 4.70. The van der Waals surface area contributed by atoms with E-state index in [0.29, 0.717) is 0 Å². The minimum absolute atomic E-state index is 1.05. The van der Waals surface area contributed by atoms with Gasteiger partial charge in [-0.25, -0.2) is 0 Å². The fraction of sp³-hybridized carbons (Fsp3) is 0.706. The van der Waals surface area contributed by atoms with Gasteiger partial charge in [0, 0.05) is 12.2 Å². The maximum Gasteiger partial charge on any atom is 0.0628 e. The molecule has 0 amide bonds. The molecular formula is C17H31N3. The number of nitrogens with one attached hydrogen (secondary N) is 1. The molecule has 0 aliphatic carbocycles. The predicted octanol–water partition coefficient (Wildman–Crippen LogP) is 3.79. The number of aromatic nitrogens is 2. The van der Waals surface area contributed by atoms with Crippen LogP contribution >= 0.6 is 0 Å². The van der Waals surface area contributed by atoms with Gasteiger partial charge < -0.3 is 5.32 Å². The Morgan fingerprint density at radius 3 is 2.70 bits per heavy atom. The highest BCUT2D eigenvalue weighted by Crippen LogP contribution is 2.14. The van der Waals surface area contributed by atoms with E-state index in [9.17, 15) is 0 Å². The molecule has 1 aromatic rings. The van der Waals surface area contributed by atoms with Crippen molar-refractivity contribution in [3.05, 3.63) is 29.6 Å². The van der Waals surface area contributed by atoms with Crippen LogP contribution in [-0.2, 0) is 13.0 Å². The van der Waals surface area contributed by atoms with Crippen molar-refractivity contribution < 1.29 is 0 Å². The average Bonchev–Trinajstić information content (AvgIpc) is 2.70. The summed E-state index contributed by atoms with van der Waals surface area (Å²) in [6, 6.07) is 0. The second-order valence-corrected chi connectivity index (χ2v) is 5.51. The molecule has 0 aromatic carbocycles. The first kappa shape index (κ1) is 17.0. The van der Waals surface area contributed by atoms with Crippen molar-refractivity contribution in [3.8, 4) is 0 Å². The predicted molar refractivity (Wildman–Crippen MR) is 87.2 cm³/mol. The first-order valence-electron chi connectivity index (χ1n) is 8.05. The molecule has 1 aromatic heterocycles. The fourth-order valence-corrected chi connectivity index (χ4v) is 2.56. The van der Waals surface area contributed by atoms with Crippen molar-refractivity contribution in [2.45, 2.75) is 65.8 Å². The highest BCUT2D eigenvalue weighted by atomic mass is 15.3. The molecule has 0 saturated heterocycles. The number of nitrogens with zero attached hydrogens (tertiary/aromatic N) is 2. The Balaban J connectivity index is 2.42. The third kappa shape index (κ3) is 5.49. The van der Waals surface area contributed by atoms with E-state index in [2.05, 4.69) is 37.3 Å². The third-order valence-corrected chi connectivity index (χ3v) is 3.79. The van der Waals surface area contributed by atoms with Crippen molar-refractivity contribution in [2.24, 2.45) is 0 Å². The molecule has 0 saturated carbocycles. The van der Waals surface area contributed by atoms with Crippen molar-refractivity contribution >= 4 is 0 Å². The van der Waals surface area contributed by atoms with Gasteiger partial charge in [-0.1, -0.05) is 19.4 Å². The fourth-order valence-electron chi connectivity index (χ4n) is 2.56. The largest absolute Gasteiger partial charge is 0.316 e. The molecule has 0 aliphatic heterocycles. The third-order valence-electron chi connectivity index (χ3n) is 3.79. The zero-order valence-corrected chi connectivity index (χ0v) is 13.5. The highest BCUT2D eigenvalue weighted by molar-refractivity contribution is 5.24. The summed E-state index contributed by atoms with van der Waals surface area (Å²) in [5.41, 5.74) is 3.98. The molecule has 0 fully saturated rings. The molecule has 0 bridgehead atoms. The second-order valence-electron chi connectivity index (χ2n) is 5.51. The topological polar surface area (TPSA) is 29.9 Å². The summed E-state index contributed by atoms with van der Waals surface area (Å²) in [6.45, 7) is 13.5. The molecule has 0 aliphatic rings. The van der Waals surface area contributed by atoms with E-state index in [1.165, 1.54) is 42.6 Å². The summed E-state index contributed by atoms with van der Waals surface area (Å²) in [4.78, 5) is 0. The zero-order chi connectivity index (χ0) is 14.8. The van der Waals surface area contributed by atoms with Crippen LogP contribution in [0.2, 0.25) is 0 Å². The molecule has 0 spiro atoms. The Kier molecular flexibility index (Phi) is 8.28. The van der Waals surface area contributed by atoms with Crippen LogP contribution in [0.25, 0.3) is 0 Å². The molecule has 0 radical (unpaired) electrons. The number of hydrogen-bond acceptors (Lipinski definition) is 2. The molecule has 0 atom stereocenters. The monoisotopic (exact) mass is 277 g/mol. The first-order valence-corrected chi connectivity index (χ1v) is 8.05. The first-order chi connectivity index (χ1) is 9.70. The van der Waals surface area contributed by atoms with Gasteiger partial charge >= 0.3 is 0 Å². The van der Waals surface area contributed by atoms with E-state index in [1.54, 1.807) is 0 Å². The Morgan fingerprint density at radius 1 is 1.20 bits per heavy atom. The van der Waals surface area contributed by atoms with Crippen LogP contribution in [0.15, 0.2) is 12.7 Å². The number of unbranched alkanes of at least 4 members (excludes halogenated alkanes) is 3. The van der Waals surface area contributed by atoms with Gasteiger partial charge in [0.1, 0.15) is 0 Å². The summed E-state index contributed by atoms with van der Waals surface area (Å²) in [7, 11) is 0. The van der Waals surface area contributed by atoms with Crippen molar-refractivity contribution in [3.63, 3.8) is 0 Å². The standard InChI is InChI=1S/C17H31N3/c1-5-7-8-9-10-14-20-16(4)17(15(3)19-20)11-13-18-12-6-2/h5,18H,1,6-14H2,2-4H3. The molecule has 20 heavy (non-hydrogen) atoms. The van der Waals surface area contributed by atoms with Crippen LogP contribution in [0.5, 0.6) is 0 Å².